The summed E-state index contributed by atoms with van der Waals surface area (Å²) in [5, 5.41) is 0. The Hall–Kier alpha value is -1.38. The summed E-state index contributed by atoms with van der Waals surface area (Å²) in [6, 6.07) is 6.49. The maximum Gasteiger partial charge on any atom is 0.171 e. The van der Waals surface area contributed by atoms with Crippen molar-refractivity contribution in [1.82, 2.24) is 0 Å². The molecular weight excluding hydrogens is 157 g/mol. The van der Waals surface area contributed by atoms with E-state index < -0.39 is 0 Å². The average molecular weight is 165 g/mol. The summed E-state index contributed by atoms with van der Waals surface area (Å²) in [6.45, 7) is 0.696. The van der Waals surface area contributed by atoms with Crippen LogP contribution in [-0.4, -0.2) is 18.9 Å². The van der Waals surface area contributed by atoms with Crippen molar-refractivity contribution in [1.29, 1.82) is 0 Å². The lowest BCUT2D eigenvalue weighted by Gasteiger charge is -2.31. The third-order valence-corrected chi connectivity index (χ3v) is 1.93. The van der Waals surface area contributed by atoms with Crippen molar-refractivity contribution < 1.29 is 9.18 Å². The molecule has 2 rings (SSSR count). The van der Waals surface area contributed by atoms with Gasteiger partial charge < -0.3 is 4.90 Å². The van der Waals surface area contributed by atoms with E-state index in [0.717, 1.165) is 0 Å². The van der Waals surface area contributed by atoms with Crippen molar-refractivity contribution in [2.45, 2.75) is 0 Å². The third kappa shape index (κ3) is 1.07. The van der Waals surface area contributed by atoms with Crippen LogP contribution in [0, 0.1) is 5.82 Å². The molecule has 0 amide bonds. The highest BCUT2D eigenvalue weighted by Gasteiger charge is 2.25. The zero-order valence-corrected chi connectivity index (χ0v) is 6.46. The lowest BCUT2D eigenvalue weighted by molar-refractivity contribution is -0.119. The highest BCUT2D eigenvalue weighted by molar-refractivity contribution is 5.95. The molecule has 1 aromatic rings. The molecule has 12 heavy (non-hydrogen) atoms. The molecule has 1 heterocycles. The molecule has 0 aliphatic carbocycles. The van der Waals surface area contributed by atoms with Crippen molar-refractivity contribution in [3.05, 3.63) is 30.1 Å². The Morgan fingerprint density at radius 3 is 2.50 bits per heavy atom. The SMILES string of the molecule is O=C1CN(c2ccccc2F)C1. The van der Waals surface area contributed by atoms with Crippen molar-refractivity contribution >= 4 is 11.5 Å². The molecule has 1 saturated heterocycles. The topological polar surface area (TPSA) is 20.3 Å². The molecule has 62 valence electrons. The number of carbonyl (C=O) groups excluding carboxylic acids is 1. The summed E-state index contributed by atoms with van der Waals surface area (Å²) in [5.41, 5.74) is 0.525. The van der Waals surface area contributed by atoms with Gasteiger partial charge in [-0.15, -0.1) is 0 Å². The van der Waals surface area contributed by atoms with E-state index in [1.165, 1.54) is 6.07 Å². The number of ketones is 1. The number of carbonyl (C=O) groups is 1. The summed E-state index contributed by atoms with van der Waals surface area (Å²) in [7, 11) is 0. The first-order valence-corrected chi connectivity index (χ1v) is 3.78. The molecule has 1 aliphatic rings. The molecule has 0 atom stereocenters. The van der Waals surface area contributed by atoms with E-state index in [-0.39, 0.29) is 11.6 Å². The van der Waals surface area contributed by atoms with Gasteiger partial charge in [-0.05, 0) is 12.1 Å². The fourth-order valence-corrected chi connectivity index (χ4v) is 1.26. The van der Waals surface area contributed by atoms with Crippen molar-refractivity contribution in [3.63, 3.8) is 0 Å². The lowest BCUT2D eigenvalue weighted by Crippen LogP contribution is -2.47. The van der Waals surface area contributed by atoms with Crippen LogP contribution in [0.2, 0.25) is 0 Å². The van der Waals surface area contributed by atoms with Crippen molar-refractivity contribution in [2.75, 3.05) is 18.0 Å². The van der Waals surface area contributed by atoms with Crippen LogP contribution in [0.1, 0.15) is 0 Å². The summed E-state index contributed by atoms with van der Waals surface area (Å²) in [6.07, 6.45) is 0. The van der Waals surface area contributed by atoms with Crippen LogP contribution in [0.3, 0.4) is 0 Å². The number of anilines is 1. The number of halogens is 1. The fraction of sp³-hybridized carbons (Fsp3) is 0.222. The van der Waals surface area contributed by atoms with Crippen molar-refractivity contribution in [3.8, 4) is 0 Å². The monoisotopic (exact) mass is 165 g/mol. The third-order valence-electron chi connectivity index (χ3n) is 1.93. The van der Waals surface area contributed by atoms with Gasteiger partial charge in [-0.25, -0.2) is 4.39 Å². The molecule has 0 spiro atoms. The molecule has 0 saturated carbocycles. The molecule has 0 radical (unpaired) electrons. The first kappa shape index (κ1) is 7.28. The van der Waals surface area contributed by atoms with E-state index in [1.807, 2.05) is 0 Å². The van der Waals surface area contributed by atoms with Gasteiger partial charge >= 0.3 is 0 Å². The largest absolute Gasteiger partial charge is 0.354 e. The second-order valence-corrected chi connectivity index (χ2v) is 2.85. The Kier molecular flexibility index (Phi) is 1.57. The van der Waals surface area contributed by atoms with Crippen LogP contribution < -0.4 is 4.90 Å². The van der Waals surface area contributed by atoms with Gasteiger partial charge in [-0.1, -0.05) is 12.1 Å². The second-order valence-electron chi connectivity index (χ2n) is 2.85. The van der Waals surface area contributed by atoms with E-state index in [4.69, 9.17) is 0 Å². The Bertz CT molecular complexity index is 316. The molecular formula is C9H8FNO. The molecule has 0 bridgehead atoms. The number of Topliss-reactive ketones (excluding diaryl/α,β-unsaturated/α-hetero) is 1. The smallest absolute Gasteiger partial charge is 0.171 e. The van der Waals surface area contributed by atoms with Gasteiger partial charge in [0.05, 0.1) is 18.8 Å². The van der Waals surface area contributed by atoms with Crippen LogP contribution >= 0.6 is 0 Å². The Morgan fingerprint density at radius 2 is 1.92 bits per heavy atom. The Morgan fingerprint density at radius 1 is 1.25 bits per heavy atom. The summed E-state index contributed by atoms with van der Waals surface area (Å²) >= 11 is 0. The number of hydrogen-bond acceptors (Lipinski definition) is 2. The molecule has 1 aromatic carbocycles. The van der Waals surface area contributed by atoms with E-state index >= 15 is 0 Å². The second kappa shape index (κ2) is 2.59. The van der Waals surface area contributed by atoms with Crippen molar-refractivity contribution in [2.24, 2.45) is 0 Å². The molecule has 0 aromatic heterocycles. The molecule has 3 heteroatoms. The summed E-state index contributed by atoms with van der Waals surface area (Å²) < 4.78 is 13.0. The minimum Gasteiger partial charge on any atom is -0.354 e. The maximum atomic E-state index is 13.0. The zero-order chi connectivity index (χ0) is 8.55. The van der Waals surface area contributed by atoms with E-state index in [2.05, 4.69) is 0 Å². The number of nitrogens with zero attached hydrogens (tertiary/aromatic N) is 1. The minimum atomic E-state index is -0.259. The lowest BCUT2D eigenvalue weighted by atomic mass is 10.1. The van der Waals surface area contributed by atoms with Gasteiger partial charge in [0.15, 0.2) is 5.78 Å². The van der Waals surface area contributed by atoms with Crippen LogP contribution in [0.25, 0.3) is 0 Å². The Labute approximate surface area is 69.6 Å². The van der Waals surface area contributed by atoms with Gasteiger partial charge in [0.1, 0.15) is 5.82 Å². The van der Waals surface area contributed by atoms with Gasteiger partial charge in [-0.2, -0.15) is 0 Å². The standard InChI is InChI=1S/C9H8FNO/c10-8-3-1-2-4-9(8)11-5-7(12)6-11/h1-4H,5-6H2. The average Bonchev–Trinajstić information content (AvgIpc) is 2.01. The molecule has 0 N–H and O–H groups in total. The highest BCUT2D eigenvalue weighted by atomic mass is 19.1. The Balaban J connectivity index is 2.23. The van der Waals surface area contributed by atoms with Crippen LogP contribution in [0.5, 0.6) is 0 Å². The maximum absolute atomic E-state index is 13.0. The highest BCUT2D eigenvalue weighted by Crippen LogP contribution is 2.21. The number of benzene rings is 1. The predicted molar refractivity (Wildman–Crippen MR) is 43.6 cm³/mol. The number of rotatable bonds is 1. The van der Waals surface area contributed by atoms with E-state index in [0.29, 0.717) is 18.8 Å². The number of hydrogen-bond donors (Lipinski definition) is 0. The molecule has 0 unspecified atom stereocenters. The van der Waals surface area contributed by atoms with E-state index in [1.54, 1.807) is 23.1 Å². The van der Waals surface area contributed by atoms with Gasteiger partial charge in [0.2, 0.25) is 0 Å². The van der Waals surface area contributed by atoms with Crippen LogP contribution in [-0.2, 0) is 4.79 Å². The van der Waals surface area contributed by atoms with Gasteiger partial charge in [0, 0.05) is 0 Å². The predicted octanol–water partition coefficient (Wildman–Crippen LogP) is 1.21. The molecule has 1 fully saturated rings. The fourth-order valence-electron chi connectivity index (χ4n) is 1.26. The normalized spacial score (nSPS) is 16.1. The van der Waals surface area contributed by atoms with Gasteiger partial charge in [-0.3, -0.25) is 4.79 Å². The molecule has 2 nitrogen and oxygen atoms in total. The molecule has 1 aliphatic heterocycles. The summed E-state index contributed by atoms with van der Waals surface area (Å²) in [4.78, 5) is 12.4. The minimum absolute atomic E-state index is 0.165. The zero-order valence-electron chi connectivity index (χ0n) is 6.46. The van der Waals surface area contributed by atoms with Gasteiger partial charge in [0.25, 0.3) is 0 Å². The van der Waals surface area contributed by atoms with Crippen LogP contribution in [0.15, 0.2) is 24.3 Å². The van der Waals surface area contributed by atoms with Crippen LogP contribution in [0.4, 0.5) is 10.1 Å². The number of para-hydroxylation sites is 1. The first-order chi connectivity index (χ1) is 5.77. The first-order valence-electron chi connectivity index (χ1n) is 3.78. The van der Waals surface area contributed by atoms with E-state index in [9.17, 15) is 9.18 Å². The summed E-state index contributed by atoms with van der Waals surface area (Å²) in [5.74, 6) is -0.0942. The quantitative estimate of drug-likeness (QED) is 0.623.